The molecule has 1 aromatic heterocycles. The van der Waals surface area contributed by atoms with Crippen molar-refractivity contribution in [2.45, 2.75) is 25.3 Å². The molecule has 0 aliphatic carbocycles. The molecule has 0 radical (unpaired) electrons. The number of nitrogens with zero attached hydrogens (tertiary/aromatic N) is 2. The average Bonchev–Trinajstić information content (AvgIpc) is 2.86. The molecule has 0 amide bonds. The largest absolute Gasteiger partial charge is 0.497 e. The number of ether oxygens (including phenoxy) is 2. The Kier molecular flexibility index (Phi) is 4.60. The SMILES string of the molecule is CCn1cc(NS(=O)(=O)c2ccc(OC)cc2OC)c(C)n1. The van der Waals surface area contributed by atoms with Crippen molar-refractivity contribution in [3.8, 4) is 11.5 Å². The molecular weight excluding hydrogens is 306 g/mol. The molecule has 2 aromatic rings. The van der Waals surface area contributed by atoms with Gasteiger partial charge in [-0.05, 0) is 26.0 Å². The number of anilines is 1. The van der Waals surface area contributed by atoms with Crippen LogP contribution in [0.4, 0.5) is 5.69 Å². The van der Waals surface area contributed by atoms with Gasteiger partial charge in [0.05, 0.1) is 25.6 Å². The lowest BCUT2D eigenvalue weighted by atomic mass is 10.3. The zero-order chi connectivity index (χ0) is 16.3. The van der Waals surface area contributed by atoms with Crippen LogP contribution >= 0.6 is 0 Å². The molecule has 120 valence electrons. The molecule has 7 nitrogen and oxygen atoms in total. The summed E-state index contributed by atoms with van der Waals surface area (Å²) >= 11 is 0. The summed E-state index contributed by atoms with van der Waals surface area (Å²) in [5.41, 5.74) is 1.05. The minimum atomic E-state index is -3.78. The fourth-order valence-corrected chi connectivity index (χ4v) is 3.23. The third-order valence-electron chi connectivity index (χ3n) is 3.17. The minimum absolute atomic E-state index is 0.0412. The summed E-state index contributed by atoms with van der Waals surface area (Å²) in [4.78, 5) is 0.0412. The first-order chi connectivity index (χ1) is 10.4. The summed E-state index contributed by atoms with van der Waals surface area (Å²) in [6, 6.07) is 4.54. The van der Waals surface area contributed by atoms with Gasteiger partial charge in [0.15, 0.2) is 0 Å². The standard InChI is InChI=1S/C14H19N3O4S/c1-5-17-9-12(10(2)15-17)16-22(18,19)14-7-6-11(20-3)8-13(14)21-4/h6-9,16H,5H2,1-4H3. The lowest BCUT2D eigenvalue weighted by molar-refractivity contribution is 0.386. The minimum Gasteiger partial charge on any atom is -0.497 e. The molecule has 8 heteroatoms. The number of aromatic nitrogens is 2. The topological polar surface area (TPSA) is 82.5 Å². The molecule has 22 heavy (non-hydrogen) atoms. The Labute approximate surface area is 129 Å². The van der Waals surface area contributed by atoms with E-state index in [-0.39, 0.29) is 10.6 Å². The van der Waals surface area contributed by atoms with Crippen LogP contribution in [0.5, 0.6) is 11.5 Å². The first-order valence-corrected chi connectivity index (χ1v) is 8.18. The van der Waals surface area contributed by atoms with Crippen LogP contribution in [0.15, 0.2) is 29.3 Å². The van der Waals surface area contributed by atoms with Crippen LogP contribution in [0, 0.1) is 6.92 Å². The molecule has 1 heterocycles. The van der Waals surface area contributed by atoms with Crippen molar-refractivity contribution in [3.05, 3.63) is 30.1 Å². The van der Waals surface area contributed by atoms with Crippen LogP contribution in [0.3, 0.4) is 0 Å². The van der Waals surface area contributed by atoms with Gasteiger partial charge in [-0.15, -0.1) is 0 Å². The van der Waals surface area contributed by atoms with Gasteiger partial charge in [0.25, 0.3) is 10.0 Å². The maximum Gasteiger partial charge on any atom is 0.265 e. The maximum atomic E-state index is 12.6. The van der Waals surface area contributed by atoms with Gasteiger partial charge < -0.3 is 9.47 Å². The number of benzene rings is 1. The van der Waals surface area contributed by atoms with Crippen LogP contribution in [0.1, 0.15) is 12.6 Å². The van der Waals surface area contributed by atoms with Gasteiger partial charge in [-0.3, -0.25) is 9.40 Å². The molecule has 0 spiro atoms. The summed E-state index contributed by atoms with van der Waals surface area (Å²) in [6.07, 6.45) is 1.66. The summed E-state index contributed by atoms with van der Waals surface area (Å²) in [7, 11) is -0.868. The van der Waals surface area contributed by atoms with Crippen LogP contribution in [-0.4, -0.2) is 32.4 Å². The van der Waals surface area contributed by atoms with E-state index in [0.717, 1.165) is 0 Å². The normalized spacial score (nSPS) is 11.3. The number of aryl methyl sites for hydroxylation is 2. The van der Waals surface area contributed by atoms with E-state index in [9.17, 15) is 8.42 Å². The third-order valence-corrected chi connectivity index (χ3v) is 4.58. The Hall–Kier alpha value is -2.22. The van der Waals surface area contributed by atoms with Crippen LogP contribution in [0.2, 0.25) is 0 Å². The monoisotopic (exact) mass is 325 g/mol. The second-order valence-electron chi connectivity index (χ2n) is 4.61. The van der Waals surface area contributed by atoms with E-state index in [2.05, 4.69) is 9.82 Å². The highest BCUT2D eigenvalue weighted by molar-refractivity contribution is 7.92. The van der Waals surface area contributed by atoms with Gasteiger partial charge in [-0.2, -0.15) is 5.10 Å². The number of hydrogen-bond acceptors (Lipinski definition) is 5. The van der Waals surface area contributed by atoms with E-state index in [1.165, 1.54) is 26.4 Å². The Bertz CT molecular complexity index is 768. The molecular formula is C14H19N3O4S. The van der Waals surface area contributed by atoms with Crippen molar-refractivity contribution in [1.82, 2.24) is 9.78 Å². The molecule has 0 aliphatic heterocycles. The number of hydrogen-bond donors (Lipinski definition) is 1. The smallest absolute Gasteiger partial charge is 0.265 e. The fourth-order valence-electron chi connectivity index (χ4n) is 1.98. The van der Waals surface area contributed by atoms with Gasteiger partial charge in [0, 0.05) is 18.8 Å². The highest BCUT2D eigenvalue weighted by Gasteiger charge is 2.22. The number of nitrogens with one attached hydrogen (secondary N) is 1. The van der Waals surface area contributed by atoms with Crippen molar-refractivity contribution in [1.29, 1.82) is 0 Å². The molecule has 0 saturated carbocycles. The molecule has 0 aliphatic rings. The van der Waals surface area contributed by atoms with Crippen molar-refractivity contribution in [2.75, 3.05) is 18.9 Å². The van der Waals surface area contributed by atoms with Gasteiger partial charge in [-0.25, -0.2) is 8.42 Å². The summed E-state index contributed by atoms with van der Waals surface area (Å²) in [6.45, 7) is 4.33. The summed E-state index contributed by atoms with van der Waals surface area (Å²) in [5.74, 6) is 0.734. The molecule has 2 rings (SSSR count). The van der Waals surface area contributed by atoms with E-state index in [1.807, 2.05) is 6.92 Å². The Morgan fingerprint density at radius 2 is 2.00 bits per heavy atom. The van der Waals surface area contributed by atoms with E-state index < -0.39 is 10.0 Å². The number of methoxy groups -OCH3 is 2. The molecule has 0 fully saturated rings. The van der Waals surface area contributed by atoms with Crippen molar-refractivity contribution < 1.29 is 17.9 Å². The Morgan fingerprint density at radius 1 is 1.27 bits per heavy atom. The highest BCUT2D eigenvalue weighted by Crippen LogP contribution is 2.30. The van der Waals surface area contributed by atoms with Gasteiger partial charge in [0.1, 0.15) is 16.4 Å². The maximum absolute atomic E-state index is 12.6. The second kappa shape index (κ2) is 6.27. The van der Waals surface area contributed by atoms with E-state index >= 15 is 0 Å². The number of sulfonamides is 1. The molecule has 0 unspecified atom stereocenters. The zero-order valence-electron chi connectivity index (χ0n) is 13.0. The van der Waals surface area contributed by atoms with Crippen LogP contribution in [0.25, 0.3) is 0 Å². The Morgan fingerprint density at radius 3 is 2.55 bits per heavy atom. The second-order valence-corrected chi connectivity index (χ2v) is 6.26. The molecule has 0 bridgehead atoms. The summed E-state index contributed by atoms with van der Waals surface area (Å²) < 4.78 is 39.5. The van der Waals surface area contributed by atoms with E-state index in [0.29, 0.717) is 23.7 Å². The number of rotatable bonds is 6. The van der Waals surface area contributed by atoms with Crippen LogP contribution in [-0.2, 0) is 16.6 Å². The summed E-state index contributed by atoms with van der Waals surface area (Å²) in [5, 5.41) is 4.22. The van der Waals surface area contributed by atoms with Gasteiger partial charge in [-0.1, -0.05) is 0 Å². The first-order valence-electron chi connectivity index (χ1n) is 6.70. The van der Waals surface area contributed by atoms with E-state index in [1.54, 1.807) is 23.9 Å². The lowest BCUT2D eigenvalue weighted by Crippen LogP contribution is -2.14. The Balaban J connectivity index is 2.39. The van der Waals surface area contributed by atoms with E-state index in [4.69, 9.17) is 9.47 Å². The average molecular weight is 325 g/mol. The predicted octanol–water partition coefficient (Wildman–Crippen LogP) is 2.03. The lowest BCUT2D eigenvalue weighted by Gasteiger charge is -2.12. The van der Waals surface area contributed by atoms with Crippen molar-refractivity contribution >= 4 is 15.7 Å². The first kappa shape index (κ1) is 16.2. The quantitative estimate of drug-likeness (QED) is 0.878. The molecule has 1 aromatic carbocycles. The van der Waals surface area contributed by atoms with Crippen molar-refractivity contribution in [3.63, 3.8) is 0 Å². The fraction of sp³-hybridized carbons (Fsp3) is 0.357. The molecule has 0 atom stereocenters. The molecule has 0 saturated heterocycles. The predicted molar refractivity (Wildman–Crippen MR) is 83.0 cm³/mol. The molecule has 1 N–H and O–H groups in total. The van der Waals surface area contributed by atoms with Crippen LogP contribution < -0.4 is 14.2 Å². The highest BCUT2D eigenvalue weighted by atomic mass is 32.2. The van der Waals surface area contributed by atoms with Gasteiger partial charge in [0.2, 0.25) is 0 Å². The zero-order valence-corrected chi connectivity index (χ0v) is 13.8. The third kappa shape index (κ3) is 3.16. The van der Waals surface area contributed by atoms with Crippen molar-refractivity contribution in [2.24, 2.45) is 0 Å². The van der Waals surface area contributed by atoms with Gasteiger partial charge >= 0.3 is 0 Å².